The molecule has 0 saturated heterocycles. The molecular weight excluding hydrogens is 416 g/mol. The van der Waals surface area contributed by atoms with Crippen LogP contribution >= 0.6 is 11.3 Å². The molecule has 0 N–H and O–H groups in total. The van der Waals surface area contributed by atoms with Crippen molar-refractivity contribution in [1.82, 2.24) is 0 Å². The zero-order chi connectivity index (χ0) is 21.5. The van der Waals surface area contributed by atoms with Crippen LogP contribution in [-0.4, -0.2) is 0 Å². The number of benzene rings is 7. The highest BCUT2D eigenvalue weighted by molar-refractivity contribution is 7.27. The highest BCUT2D eigenvalue weighted by atomic mass is 32.1. The van der Waals surface area contributed by atoms with Gasteiger partial charge < -0.3 is 0 Å². The van der Waals surface area contributed by atoms with E-state index in [0.717, 1.165) is 0 Å². The normalized spacial score (nSPS) is 12.2. The van der Waals surface area contributed by atoms with Gasteiger partial charge in [-0.2, -0.15) is 0 Å². The molecule has 1 heteroatoms. The van der Waals surface area contributed by atoms with E-state index in [2.05, 4.69) is 109 Å². The number of thiophene rings is 1. The molecule has 0 aliphatic carbocycles. The highest BCUT2D eigenvalue weighted by Crippen LogP contribution is 2.48. The SMILES string of the molecule is c1ccc2cc(-c3cc4cccc5c6c7ccccc7sc6c6cccc3c6c45)ccc2c1. The van der Waals surface area contributed by atoms with Gasteiger partial charge in [0.15, 0.2) is 0 Å². The van der Waals surface area contributed by atoms with Gasteiger partial charge in [-0.15, -0.1) is 11.3 Å². The first-order chi connectivity index (χ1) is 16.4. The van der Waals surface area contributed by atoms with Crippen LogP contribution in [0.25, 0.3) is 74.4 Å². The van der Waals surface area contributed by atoms with Crippen LogP contribution in [0.2, 0.25) is 0 Å². The molecule has 0 spiro atoms. The molecule has 0 radical (unpaired) electrons. The van der Waals surface area contributed by atoms with Crippen LogP contribution in [0.4, 0.5) is 0 Å². The lowest BCUT2D eigenvalue weighted by Gasteiger charge is -2.16. The van der Waals surface area contributed by atoms with Crippen LogP contribution in [0.15, 0.2) is 109 Å². The molecule has 7 aromatic carbocycles. The third kappa shape index (κ3) is 2.30. The summed E-state index contributed by atoms with van der Waals surface area (Å²) in [5.74, 6) is 0. The van der Waals surface area contributed by atoms with Crippen LogP contribution in [0, 0.1) is 0 Å². The van der Waals surface area contributed by atoms with Crippen molar-refractivity contribution >= 4 is 74.6 Å². The molecule has 0 aliphatic heterocycles. The van der Waals surface area contributed by atoms with E-state index < -0.39 is 0 Å². The summed E-state index contributed by atoms with van der Waals surface area (Å²) in [5, 5.41) is 13.5. The first-order valence-electron chi connectivity index (χ1n) is 11.4. The molecule has 0 saturated carbocycles. The second-order valence-corrected chi connectivity index (χ2v) is 9.97. The zero-order valence-electron chi connectivity index (χ0n) is 17.8. The maximum absolute atomic E-state index is 2.40. The third-order valence-corrected chi connectivity index (χ3v) is 8.38. The Balaban J connectivity index is 1.60. The molecule has 1 aromatic heterocycles. The van der Waals surface area contributed by atoms with E-state index in [1.54, 1.807) is 0 Å². The second-order valence-electron chi connectivity index (χ2n) is 8.92. The molecule has 0 nitrogen and oxygen atoms in total. The van der Waals surface area contributed by atoms with Gasteiger partial charge in [-0.05, 0) is 67.0 Å². The highest BCUT2D eigenvalue weighted by Gasteiger charge is 2.19. The maximum Gasteiger partial charge on any atom is 0.0440 e. The Morgan fingerprint density at radius 3 is 2.12 bits per heavy atom. The summed E-state index contributed by atoms with van der Waals surface area (Å²) in [6.07, 6.45) is 0. The van der Waals surface area contributed by atoms with E-state index in [1.165, 1.54) is 74.4 Å². The minimum Gasteiger partial charge on any atom is -0.135 e. The van der Waals surface area contributed by atoms with Crippen LogP contribution in [0.5, 0.6) is 0 Å². The van der Waals surface area contributed by atoms with Crippen LogP contribution in [-0.2, 0) is 0 Å². The van der Waals surface area contributed by atoms with Gasteiger partial charge in [-0.1, -0.05) is 91.0 Å². The van der Waals surface area contributed by atoms with E-state index in [1.807, 2.05) is 11.3 Å². The zero-order valence-corrected chi connectivity index (χ0v) is 18.6. The standard InChI is InChI=1S/C32H18S/c1-2-8-20-17-21(16-15-19(20)7-1)27-18-22-9-5-12-25-29(22)30-23(27)11-6-13-26(30)32-31(25)24-10-3-4-14-28(24)33-32/h1-18H. The van der Waals surface area contributed by atoms with Crippen molar-refractivity contribution in [3.8, 4) is 11.1 Å². The Morgan fingerprint density at radius 2 is 1.15 bits per heavy atom. The van der Waals surface area contributed by atoms with Crippen molar-refractivity contribution in [3.63, 3.8) is 0 Å². The lowest BCUT2D eigenvalue weighted by molar-refractivity contribution is 1.71. The van der Waals surface area contributed by atoms with E-state index in [0.29, 0.717) is 0 Å². The predicted octanol–water partition coefficient (Wildman–Crippen LogP) is 9.77. The Morgan fingerprint density at radius 1 is 0.424 bits per heavy atom. The van der Waals surface area contributed by atoms with Gasteiger partial charge in [0.05, 0.1) is 0 Å². The van der Waals surface area contributed by atoms with Gasteiger partial charge in [0.1, 0.15) is 0 Å². The van der Waals surface area contributed by atoms with E-state index in [-0.39, 0.29) is 0 Å². The number of fused-ring (bicyclic) bond motifs is 6. The molecule has 8 rings (SSSR count). The maximum atomic E-state index is 2.40. The quantitative estimate of drug-likeness (QED) is 0.226. The van der Waals surface area contributed by atoms with Crippen LogP contribution < -0.4 is 0 Å². The first-order valence-corrected chi connectivity index (χ1v) is 12.2. The Labute approximate surface area is 194 Å². The fourth-order valence-corrected chi connectivity index (χ4v) is 6.99. The molecular formula is C32H18S. The minimum atomic E-state index is 1.28. The molecule has 0 aliphatic rings. The summed E-state index contributed by atoms with van der Waals surface area (Å²) >= 11 is 1.92. The monoisotopic (exact) mass is 434 g/mol. The van der Waals surface area contributed by atoms with Gasteiger partial charge in [-0.3, -0.25) is 0 Å². The summed E-state index contributed by atoms with van der Waals surface area (Å²) < 4.78 is 2.76. The average molecular weight is 435 g/mol. The number of hydrogen-bond donors (Lipinski definition) is 0. The lowest BCUT2D eigenvalue weighted by Crippen LogP contribution is -1.89. The van der Waals surface area contributed by atoms with Crippen molar-refractivity contribution in [2.24, 2.45) is 0 Å². The summed E-state index contributed by atoms with van der Waals surface area (Å²) in [7, 11) is 0. The third-order valence-electron chi connectivity index (χ3n) is 7.17. The van der Waals surface area contributed by atoms with Gasteiger partial charge in [0.25, 0.3) is 0 Å². The fraction of sp³-hybridized carbons (Fsp3) is 0. The smallest absolute Gasteiger partial charge is 0.0440 e. The first kappa shape index (κ1) is 17.6. The summed E-state index contributed by atoms with van der Waals surface area (Å²) in [5.41, 5.74) is 2.59. The Kier molecular flexibility index (Phi) is 3.37. The van der Waals surface area contributed by atoms with E-state index in [9.17, 15) is 0 Å². The topological polar surface area (TPSA) is 0 Å². The van der Waals surface area contributed by atoms with Gasteiger partial charge >= 0.3 is 0 Å². The van der Waals surface area contributed by atoms with Crippen LogP contribution in [0.3, 0.4) is 0 Å². The summed E-state index contributed by atoms with van der Waals surface area (Å²) in [4.78, 5) is 0. The molecule has 0 fully saturated rings. The average Bonchev–Trinajstić information content (AvgIpc) is 3.27. The predicted molar refractivity (Wildman–Crippen MR) is 146 cm³/mol. The molecule has 8 aromatic rings. The molecule has 152 valence electrons. The molecule has 33 heavy (non-hydrogen) atoms. The molecule has 1 heterocycles. The number of hydrogen-bond acceptors (Lipinski definition) is 1. The molecule has 0 atom stereocenters. The summed E-state index contributed by atoms with van der Waals surface area (Å²) in [6, 6.07) is 40.4. The van der Waals surface area contributed by atoms with Crippen molar-refractivity contribution in [2.75, 3.05) is 0 Å². The minimum absolute atomic E-state index is 1.28. The lowest BCUT2D eigenvalue weighted by atomic mass is 9.87. The van der Waals surface area contributed by atoms with Gasteiger partial charge in [0.2, 0.25) is 0 Å². The fourth-order valence-electron chi connectivity index (χ4n) is 5.74. The van der Waals surface area contributed by atoms with Crippen molar-refractivity contribution in [1.29, 1.82) is 0 Å². The largest absolute Gasteiger partial charge is 0.135 e. The second kappa shape index (κ2) is 6.31. The molecule has 0 bridgehead atoms. The molecule has 0 amide bonds. The van der Waals surface area contributed by atoms with Crippen molar-refractivity contribution in [3.05, 3.63) is 109 Å². The van der Waals surface area contributed by atoms with E-state index >= 15 is 0 Å². The molecule has 0 unspecified atom stereocenters. The van der Waals surface area contributed by atoms with Gasteiger partial charge in [0, 0.05) is 25.6 Å². The van der Waals surface area contributed by atoms with Crippen molar-refractivity contribution in [2.45, 2.75) is 0 Å². The Hall–Kier alpha value is -3.94. The number of rotatable bonds is 1. The van der Waals surface area contributed by atoms with Gasteiger partial charge in [-0.25, -0.2) is 0 Å². The van der Waals surface area contributed by atoms with Crippen LogP contribution in [0.1, 0.15) is 0 Å². The van der Waals surface area contributed by atoms with Crippen molar-refractivity contribution < 1.29 is 0 Å². The summed E-state index contributed by atoms with van der Waals surface area (Å²) in [6.45, 7) is 0. The van der Waals surface area contributed by atoms with E-state index in [4.69, 9.17) is 0 Å². The Bertz CT molecular complexity index is 2020.